The molecule has 2 aliphatic heterocycles. The molecule has 2 saturated heterocycles. The van der Waals surface area contributed by atoms with E-state index in [1.807, 2.05) is 59.5 Å². The van der Waals surface area contributed by atoms with Crippen LogP contribution >= 0.6 is 11.8 Å². The molecule has 0 aliphatic carbocycles. The Balaban J connectivity index is 1.61. The van der Waals surface area contributed by atoms with Gasteiger partial charge in [-0.1, -0.05) is 54.2 Å². The van der Waals surface area contributed by atoms with E-state index in [4.69, 9.17) is 4.74 Å². The number of hydrogen-bond donors (Lipinski definition) is 0. The molecular weight excluding hydrogens is 408 g/mol. The largest absolute Gasteiger partial charge is 0.495 e. The van der Waals surface area contributed by atoms with Crippen molar-refractivity contribution < 1.29 is 17.9 Å². The summed E-state index contributed by atoms with van der Waals surface area (Å²) in [6.07, 6.45) is 0.929. The molecule has 8 heteroatoms. The molecule has 4 rings (SSSR count). The van der Waals surface area contributed by atoms with E-state index < -0.39 is 9.84 Å². The number of fused-ring (bicyclic) bond motifs is 1. The molecule has 1 amide bonds. The van der Waals surface area contributed by atoms with Gasteiger partial charge in [0.1, 0.15) is 5.75 Å². The summed E-state index contributed by atoms with van der Waals surface area (Å²) in [5.74, 6) is 0.576. The first-order chi connectivity index (χ1) is 14.0. The summed E-state index contributed by atoms with van der Waals surface area (Å²) >= 11 is 1.38. The summed E-state index contributed by atoms with van der Waals surface area (Å²) < 4.78 is 29.8. The molecule has 0 bridgehead atoms. The highest BCUT2D eigenvalue weighted by atomic mass is 32.2. The Morgan fingerprint density at radius 3 is 2.62 bits per heavy atom. The van der Waals surface area contributed by atoms with E-state index in [1.54, 1.807) is 7.11 Å². The van der Waals surface area contributed by atoms with Gasteiger partial charge in [0.2, 0.25) is 5.91 Å². The maximum atomic E-state index is 12.6. The van der Waals surface area contributed by atoms with Crippen LogP contribution < -0.4 is 9.64 Å². The lowest BCUT2D eigenvalue weighted by atomic mass is 10.1. The van der Waals surface area contributed by atoms with Crippen LogP contribution in [0.4, 0.5) is 5.69 Å². The van der Waals surface area contributed by atoms with Gasteiger partial charge >= 0.3 is 0 Å². The van der Waals surface area contributed by atoms with Crippen LogP contribution in [0.1, 0.15) is 12.0 Å². The molecule has 2 aromatic rings. The van der Waals surface area contributed by atoms with Crippen molar-refractivity contribution in [2.45, 2.75) is 24.1 Å². The predicted octanol–water partition coefficient (Wildman–Crippen LogP) is 2.93. The maximum absolute atomic E-state index is 12.6. The van der Waals surface area contributed by atoms with Gasteiger partial charge in [-0.2, -0.15) is 4.99 Å². The zero-order valence-electron chi connectivity index (χ0n) is 16.0. The summed E-state index contributed by atoms with van der Waals surface area (Å²) in [6.45, 7) is 0. The Hall–Kier alpha value is -2.32. The molecule has 0 N–H and O–H groups in total. The number of para-hydroxylation sites is 2. The summed E-state index contributed by atoms with van der Waals surface area (Å²) in [5, 5.41) is 0.419. The molecule has 2 aliphatic rings. The molecule has 0 radical (unpaired) electrons. The third-order valence-corrected chi connectivity index (χ3v) is 8.31. The molecule has 6 nitrogen and oxygen atoms in total. The van der Waals surface area contributed by atoms with E-state index in [2.05, 4.69) is 4.99 Å². The quantitative estimate of drug-likeness (QED) is 0.726. The molecule has 2 atom stereocenters. The van der Waals surface area contributed by atoms with Crippen LogP contribution in [-0.2, 0) is 21.1 Å². The van der Waals surface area contributed by atoms with Gasteiger partial charge in [-0.3, -0.25) is 4.79 Å². The highest BCUT2D eigenvalue weighted by Gasteiger charge is 2.49. The van der Waals surface area contributed by atoms with Crippen LogP contribution in [0.5, 0.6) is 5.75 Å². The molecular formula is C21H22N2O4S2. The van der Waals surface area contributed by atoms with Crippen molar-refractivity contribution in [3.63, 3.8) is 0 Å². The number of nitrogens with zero attached hydrogens (tertiary/aromatic N) is 2. The fraction of sp³-hybridized carbons (Fsp3) is 0.333. The van der Waals surface area contributed by atoms with Crippen molar-refractivity contribution in [3.8, 4) is 5.75 Å². The average Bonchev–Trinajstić information content (AvgIpc) is 3.17. The third-order valence-electron chi connectivity index (χ3n) is 5.10. The SMILES string of the molecule is COc1ccccc1N1C(=NC(=O)CCc2ccccc2)S[C@H]2CS(=O)(=O)C[C@H]21. The van der Waals surface area contributed by atoms with E-state index in [0.717, 1.165) is 11.3 Å². The monoisotopic (exact) mass is 430 g/mol. The predicted molar refractivity (Wildman–Crippen MR) is 116 cm³/mol. The molecule has 0 aromatic heterocycles. The van der Waals surface area contributed by atoms with Crippen molar-refractivity contribution in [2.75, 3.05) is 23.5 Å². The summed E-state index contributed by atoms with van der Waals surface area (Å²) in [5.41, 5.74) is 1.83. The van der Waals surface area contributed by atoms with Gasteiger partial charge in [-0.15, -0.1) is 0 Å². The summed E-state index contributed by atoms with van der Waals surface area (Å²) in [7, 11) is -1.53. The number of anilines is 1. The van der Waals surface area contributed by atoms with Gasteiger partial charge in [0.25, 0.3) is 0 Å². The molecule has 2 heterocycles. The number of rotatable bonds is 5. The van der Waals surface area contributed by atoms with Gasteiger partial charge in [0, 0.05) is 11.7 Å². The zero-order valence-corrected chi connectivity index (χ0v) is 17.7. The third kappa shape index (κ3) is 4.33. The van der Waals surface area contributed by atoms with E-state index in [9.17, 15) is 13.2 Å². The minimum Gasteiger partial charge on any atom is -0.495 e. The smallest absolute Gasteiger partial charge is 0.248 e. The van der Waals surface area contributed by atoms with Crippen molar-refractivity contribution in [1.82, 2.24) is 0 Å². The number of carbonyl (C=O) groups excluding carboxylic acids is 1. The van der Waals surface area contributed by atoms with Crippen molar-refractivity contribution in [1.29, 1.82) is 0 Å². The van der Waals surface area contributed by atoms with Gasteiger partial charge in [-0.05, 0) is 24.1 Å². The standard InChI is InChI=1S/C21H22N2O4S2/c1-27-18-10-6-5-9-16(18)23-17-13-29(25,26)14-19(17)28-21(23)22-20(24)12-11-15-7-3-2-4-8-15/h2-10,17,19H,11-14H2,1H3/t17-,19+/m1/s1. The fourth-order valence-electron chi connectivity index (χ4n) is 3.73. The number of methoxy groups -OCH3 is 1. The first-order valence-corrected chi connectivity index (χ1v) is 12.1. The molecule has 29 heavy (non-hydrogen) atoms. The normalized spacial score (nSPS) is 23.9. The van der Waals surface area contributed by atoms with Gasteiger partial charge in [0.05, 0.1) is 30.3 Å². The van der Waals surface area contributed by atoms with Crippen LogP contribution in [0.3, 0.4) is 0 Å². The second-order valence-corrected chi connectivity index (χ2v) is 10.5. The Morgan fingerprint density at radius 2 is 1.86 bits per heavy atom. The molecule has 2 aromatic carbocycles. The zero-order chi connectivity index (χ0) is 20.4. The summed E-state index contributed by atoms with van der Waals surface area (Å²) in [6, 6.07) is 17.0. The number of aliphatic imine (C=N–C) groups is 1. The number of sulfone groups is 1. The van der Waals surface area contributed by atoms with Crippen LogP contribution in [0.2, 0.25) is 0 Å². The van der Waals surface area contributed by atoms with Crippen LogP contribution in [0, 0.1) is 0 Å². The van der Waals surface area contributed by atoms with E-state index >= 15 is 0 Å². The van der Waals surface area contributed by atoms with Crippen LogP contribution in [0.15, 0.2) is 59.6 Å². The number of hydrogen-bond acceptors (Lipinski definition) is 5. The fourth-order valence-corrected chi connectivity index (χ4v) is 7.66. The molecule has 0 unspecified atom stereocenters. The van der Waals surface area contributed by atoms with Crippen LogP contribution in [-0.4, -0.2) is 49.4 Å². The Labute approximate surface area is 174 Å². The van der Waals surface area contributed by atoms with Gasteiger partial charge < -0.3 is 9.64 Å². The number of aryl methyl sites for hydroxylation is 1. The van der Waals surface area contributed by atoms with Crippen molar-refractivity contribution >= 4 is 38.4 Å². The Kier molecular flexibility index (Phi) is 5.65. The molecule has 152 valence electrons. The van der Waals surface area contributed by atoms with Gasteiger partial charge in [-0.25, -0.2) is 8.42 Å². The summed E-state index contributed by atoms with van der Waals surface area (Å²) in [4.78, 5) is 18.8. The number of amidine groups is 1. The van der Waals surface area contributed by atoms with Crippen LogP contribution in [0.25, 0.3) is 0 Å². The Bertz CT molecular complexity index is 1040. The highest BCUT2D eigenvalue weighted by molar-refractivity contribution is 8.16. The van der Waals surface area contributed by atoms with E-state index in [0.29, 0.717) is 23.8 Å². The number of benzene rings is 2. The highest BCUT2D eigenvalue weighted by Crippen LogP contribution is 2.43. The van der Waals surface area contributed by atoms with Crippen molar-refractivity contribution in [3.05, 3.63) is 60.2 Å². The lowest BCUT2D eigenvalue weighted by molar-refractivity contribution is -0.117. The number of ether oxygens (including phenoxy) is 1. The average molecular weight is 431 g/mol. The first kappa shape index (κ1) is 20.0. The lowest BCUT2D eigenvalue weighted by Gasteiger charge is -2.26. The molecule has 0 spiro atoms. The topological polar surface area (TPSA) is 76.0 Å². The second-order valence-electron chi connectivity index (χ2n) is 7.12. The molecule has 0 saturated carbocycles. The van der Waals surface area contributed by atoms with E-state index in [-0.39, 0.29) is 28.7 Å². The molecule has 2 fully saturated rings. The van der Waals surface area contributed by atoms with Crippen molar-refractivity contribution in [2.24, 2.45) is 4.99 Å². The minimum absolute atomic E-state index is 0.0555. The second kappa shape index (κ2) is 8.20. The van der Waals surface area contributed by atoms with E-state index in [1.165, 1.54) is 11.8 Å². The lowest BCUT2D eigenvalue weighted by Crippen LogP contribution is -2.38. The van der Waals surface area contributed by atoms with Gasteiger partial charge in [0.15, 0.2) is 15.0 Å². The minimum atomic E-state index is -3.11. The maximum Gasteiger partial charge on any atom is 0.248 e. The first-order valence-electron chi connectivity index (χ1n) is 9.41. The Morgan fingerprint density at radius 1 is 1.14 bits per heavy atom. The number of carbonyl (C=O) groups is 1. The number of thioether (sulfide) groups is 1. The number of amides is 1.